The van der Waals surface area contributed by atoms with Gasteiger partial charge < -0.3 is 24.8 Å². The van der Waals surface area contributed by atoms with Crippen LogP contribution in [0.4, 0.5) is 4.79 Å². The molecule has 0 radical (unpaired) electrons. The van der Waals surface area contributed by atoms with Crippen LogP contribution >= 0.6 is 0 Å². The first-order valence-electron chi connectivity index (χ1n) is 7.99. The van der Waals surface area contributed by atoms with Crippen molar-refractivity contribution in [3.05, 3.63) is 0 Å². The molecular weight excluding hydrogens is 425 g/mol. The first-order valence-corrected chi connectivity index (χ1v) is 9.36. The van der Waals surface area contributed by atoms with Crippen molar-refractivity contribution in [3.63, 3.8) is 0 Å². The van der Waals surface area contributed by atoms with Gasteiger partial charge in [0.25, 0.3) is 5.91 Å². The summed E-state index contributed by atoms with van der Waals surface area (Å²) in [5.74, 6) is -4.10. The molecule has 2 N–H and O–H groups in total. The maximum Gasteiger partial charge on any atom is 1.00 e. The summed E-state index contributed by atoms with van der Waals surface area (Å²) in [5.41, 5.74) is -2.04. The Morgan fingerprint density at radius 1 is 1.21 bits per heavy atom. The summed E-state index contributed by atoms with van der Waals surface area (Å²) in [7, 11) is -4.02. The second-order valence-corrected chi connectivity index (χ2v) is 7.15. The van der Waals surface area contributed by atoms with E-state index in [1.54, 1.807) is 6.92 Å². The Bertz CT molecular complexity index is 835. The zero-order chi connectivity index (χ0) is 21.3. The Kier molecular flexibility index (Phi) is 8.15. The zero-order valence-corrected chi connectivity index (χ0v) is 18.8. The van der Waals surface area contributed by atoms with E-state index in [0.717, 1.165) is 7.11 Å². The van der Waals surface area contributed by atoms with Gasteiger partial charge in [0.05, 0.1) is 13.1 Å². The largest absolute Gasteiger partial charge is 1.00 e. The number of β-lactam (4-membered cyclic amide) rings is 1. The molecule has 16 heteroatoms. The number of carbonyl (C=O) groups excluding carboxylic acids is 5. The molecule has 0 aliphatic carbocycles. The van der Waals surface area contributed by atoms with Gasteiger partial charge in [0.15, 0.2) is 10.3 Å². The fraction of sp³-hybridized carbons (Fsp3) is 0.615. The first kappa shape index (κ1) is 25.3. The van der Waals surface area contributed by atoms with E-state index in [2.05, 4.69) is 10.6 Å². The number of likely N-dealkylation sites (N-methyl/N-ethyl adjacent to an activating group) is 1. The molecule has 2 rings (SSSR count). The van der Waals surface area contributed by atoms with E-state index in [0.29, 0.717) is 11.4 Å². The summed E-state index contributed by atoms with van der Waals surface area (Å²) in [6.07, 6.45) is 0. The predicted molar refractivity (Wildman–Crippen MR) is 86.7 cm³/mol. The van der Waals surface area contributed by atoms with Crippen molar-refractivity contribution >= 4 is 40.0 Å². The molecule has 2 aliphatic rings. The van der Waals surface area contributed by atoms with E-state index in [4.69, 9.17) is 4.74 Å². The average molecular weight is 443 g/mol. The van der Waals surface area contributed by atoms with Crippen LogP contribution in [0.3, 0.4) is 0 Å². The van der Waals surface area contributed by atoms with Gasteiger partial charge in [-0.05, 0) is 6.92 Å². The first-order chi connectivity index (χ1) is 13.0. The van der Waals surface area contributed by atoms with Gasteiger partial charge in [-0.25, -0.2) is 17.5 Å². The molecule has 2 saturated heterocycles. The van der Waals surface area contributed by atoms with Gasteiger partial charge in [-0.1, -0.05) is 0 Å². The van der Waals surface area contributed by atoms with Crippen LogP contribution in [0.2, 0.25) is 0 Å². The molecule has 0 aromatic carbocycles. The summed E-state index contributed by atoms with van der Waals surface area (Å²) in [5, 5.41) is 4.19. The van der Waals surface area contributed by atoms with Crippen LogP contribution in [-0.4, -0.2) is 102 Å². The summed E-state index contributed by atoms with van der Waals surface area (Å²) >= 11 is 0. The Morgan fingerprint density at radius 2 is 1.83 bits per heavy atom. The third-order valence-corrected chi connectivity index (χ3v) is 5.07. The molecule has 1 atom stereocenters. The molecule has 0 saturated carbocycles. The van der Waals surface area contributed by atoms with E-state index in [1.165, 1.54) is 4.90 Å². The third-order valence-electron chi connectivity index (χ3n) is 4.23. The fourth-order valence-corrected chi connectivity index (χ4v) is 3.31. The second kappa shape index (κ2) is 9.36. The SMILES string of the molecule is CCN1CCN(C(=O)NCC(=O)NC2(OC)CN(S(=O)(=O)[O-])C2=O)C(=O)C1=O.[Na+]. The van der Waals surface area contributed by atoms with E-state index in [1.807, 2.05) is 0 Å². The van der Waals surface area contributed by atoms with Gasteiger partial charge in [0, 0.05) is 26.7 Å². The number of rotatable bonds is 6. The number of nitrogens with zero attached hydrogens (tertiary/aromatic N) is 3. The molecule has 0 spiro atoms. The topological polar surface area (TPSA) is 186 Å². The molecule has 1 unspecified atom stereocenters. The molecule has 29 heavy (non-hydrogen) atoms. The third kappa shape index (κ3) is 5.04. The summed E-state index contributed by atoms with van der Waals surface area (Å²) in [4.78, 5) is 61.4. The normalized spacial score (nSPS) is 22.0. The summed E-state index contributed by atoms with van der Waals surface area (Å²) in [6, 6.07) is -0.987. The minimum atomic E-state index is -5.04. The molecule has 0 aromatic rings. The fourth-order valence-electron chi connectivity index (χ4n) is 2.62. The average Bonchev–Trinajstić information content (AvgIpc) is 2.63. The van der Waals surface area contributed by atoms with Crippen molar-refractivity contribution in [1.29, 1.82) is 0 Å². The van der Waals surface area contributed by atoms with Crippen molar-refractivity contribution in [2.75, 3.05) is 39.8 Å². The number of urea groups is 1. The number of piperazine rings is 1. The van der Waals surface area contributed by atoms with E-state index in [-0.39, 0.29) is 47.0 Å². The minimum absolute atomic E-state index is 0. The molecular formula is C13H18N5NaO9S. The van der Waals surface area contributed by atoms with Crippen LogP contribution in [0.1, 0.15) is 6.92 Å². The number of ether oxygens (including phenoxy) is 1. The quantitative estimate of drug-likeness (QED) is 0.132. The van der Waals surface area contributed by atoms with Gasteiger partial charge in [-0.15, -0.1) is 0 Å². The number of hydrogen-bond donors (Lipinski definition) is 2. The van der Waals surface area contributed by atoms with Crippen LogP contribution < -0.4 is 40.2 Å². The van der Waals surface area contributed by atoms with Crippen LogP contribution in [0.25, 0.3) is 0 Å². The Morgan fingerprint density at radius 3 is 2.31 bits per heavy atom. The predicted octanol–water partition coefficient (Wildman–Crippen LogP) is -6.85. The molecule has 2 heterocycles. The van der Waals surface area contributed by atoms with Crippen LogP contribution in [-0.2, 0) is 34.2 Å². The number of methoxy groups -OCH3 is 1. The molecule has 2 aliphatic heterocycles. The number of carbonyl (C=O) groups is 5. The van der Waals surface area contributed by atoms with E-state index in [9.17, 15) is 36.9 Å². The standard InChI is InChI=1S/C13H19N5O9S.Na/c1-3-16-4-5-17(10(21)9(16)20)12(23)14-6-8(19)15-13(27-2)7-18(11(13)22)28(24,25)26;/h3-7H2,1-2H3,(H,14,23)(H,15,19)(H,24,25,26);/q;+1/p-1. The number of imide groups is 1. The van der Waals surface area contributed by atoms with Gasteiger partial charge in [0.1, 0.15) is 0 Å². The van der Waals surface area contributed by atoms with Crippen LogP contribution in [0, 0.1) is 0 Å². The van der Waals surface area contributed by atoms with Gasteiger partial charge in [0.2, 0.25) is 11.6 Å². The van der Waals surface area contributed by atoms with E-state index >= 15 is 0 Å². The van der Waals surface area contributed by atoms with Crippen molar-refractivity contribution < 1.29 is 71.2 Å². The molecule has 2 fully saturated rings. The smallest absolute Gasteiger partial charge is 0.731 e. The van der Waals surface area contributed by atoms with Crippen molar-refractivity contribution in [2.45, 2.75) is 12.6 Å². The minimum Gasteiger partial charge on any atom is -0.731 e. The Hall–Kier alpha value is -1.78. The van der Waals surface area contributed by atoms with Gasteiger partial charge in [-0.2, -0.15) is 0 Å². The van der Waals surface area contributed by atoms with Gasteiger partial charge in [-0.3, -0.25) is 24.1 Å². The van der Waals surface area contributed by atoms with E-state index < -0.39 is 58.8 Å². The Balaban J connectivity index is 0.00000420. The molecule has 6 amide bonds. The van der Waals surface area contributed by atoms with Crippen LogP contribution in [0.15, 0.2) is 0 Å². The van der Waals surface area contributed by atoms with Crippen molar-refractivity contribution in [3.8, 4) is 0 Å². The van der Waals surface area contributed by atoms with Crippen molar-refractivity contribution in [2.24, 2.45) is 0 Å². The number of hydrogen-bond acceptors (Lipinski definition) is 9. The summed E-state index contributed by atoms with van der Waals surface area (Å²) in [6.45, 7) is 0.671. The maximum atomic E-state index is 12.0. The Labute approximate surface area is 188 Å². The molecule has 14 nitrogen and oxygen atoms in total. The molecule has 0 aromatic heterocycles. The summed E-state index contributed by atoms with van der Waals surface area (Å²) < 4.78 is 37.4. The van der Waals surface area contributed by atoms with Crippen LogP contribution in [0.5, 0.6) is 0 Å². The zero-order valence-electron chi connectivity index (χ0n) is 16.0. The molecule has 156 valence electrons. The maximum absolute atomic E-state index is 12.0. The number of nitrogens with one attached hydrogen (secondary N) is 2. The molecule has 0 bridgehead atoms. The number of amides is 6. The van der Waals surface area contributed by atoms with Crippen molar-refractivity contribution in [1.82, 2.24) is 24.7 Å². The monoisotopic (exact) mass is 443 g/mol. The second-order valence-electron chi connectivity index (χ2n) is 5.85. The van der Waals surface area contributed by atoms with Gasteiger partial charge >= 0.3 is 47.4 Å².